The van der Waals surface area contributed by atoms with Gasteiger partial charge in [-0.2, -0.15) is 0 Å². The van der Waals surface area contributed by atoms with E-state index in [1.807, 2.05) is 43.3 Å². The minimum atomic E-state index is -0.200. The van der Waals surface area contributed by atoms with Crippen molar-refractivity contribution < 1.29 is 9.53 Å². The number of nitrogens with two attached hydrogens (primary N) is 1. The Morgan fingerprint density at radius 2 is 1.85 bits per heavy atom. The number of hydrogen-bond acceptors (Lipinski definition) is 3. The zero-order chi connectivity index (χ0) is 14.4. The van der Waals surface area contributed by atoms with Crippen LogP contribution in [0.15, 0.2) is 48.5 Å². The fourth-order valence-electron chi connectivity index (χ4n) is 1.89. The molecule has 0 fully saturated rings. The Labute approximate surface area is 118 Å². The number of rotatable bonds is 5. The second-order valence-electron chi connectivity index (χ2n) is 4.39. The number of carbonyl (C=O) groups is 1. The average molecular weight is 270 g/mol. The molecule has 0 aliphatic rings. The number of benzene rings is 2. The number of ether oxygens (including phenoxy) is 1. The molecule has 0 atom stereocenters. The molecule has 2 aromatic carbocycles. The molecule has 0 aromatic heterocycles. The highest BCUT2D eigenvalue weighted by Gasteiger charge is 2.07. The minimum absolute atomic E-state index is 0.0632. The number of aryl methyl sites for hydroxylation is 1. The smallest absolute Gasteiger partial charge is 0.262 e. The molecule has 0 heterocycles. The Kier molecular flexibility index (Phi) is 4.60. The first-order chi connectivity index (χ1) is 9.70. The van der Waals surface area contributed by atoms with E-state index >= 15 is 0 Å². The van der Waals surface area contributed by atoms with Crippen LogP contribution in [0, 0.1) is 0 Å². The van der Waals surface area contributed by atoms with Crippen LogP contribution in [0.25, 0.3) is 0 Å². The summed E-state index contributed by atoms with van der Waals surface area (Å²) < 4.78 is 5.41. The van der Waals surface area contributed by atoms with Gasteiger partial charge in [0.05, 0.1) is 5.69 Å². The summed E-state index contributed by atoms with van der Waals surface area (Å²) in [4.78, 5) is 11.9. The Morgan fingerprint density at radius 3 is 2.60 bits per heavy atom. The van der Waals surface area contributed by atoms with Crippen molar-refractivity contribution >= 4 is 17.3 Å². The molecule has 0 saturated carbocycles. The van der Waals surface area contributed by atoms with Crippen LogP contribution in [0.5, 0.6) is 5.75 Å². The van der Waals surface area contributed by atoms with Gasteiger partial charge in [0.1, 0.15) is 5.75 Å². The quantitative estimate of drug-likeness (QED) is 0.821. The third kappa shape index (κ3) is 3.51. The number of hydrogen-bond donors (Lipinski definition) is 2. The maximum absolute atomic E-state index is 11.9. The molecule has 4 heteroatoms. The fourth-order valence-corrected chi connectivity index (χ4v) is 1.89. The molecule has 4 nitrogen and oxygen atoms in total. The molecule has 104 valence electrons. The summed E-state index contributed by atoms with van der Waals surface area (Å²) in [7, 11) is 0. The zero-order valence-corrected chi connectivity index (χ0v) is 11.4. The van der Waals surface area contributed by atoms with Crippen LogP contribution in [-0.2, 0) is 11.2 Å². The van der Waals surface area contributed by atoms with Crippen LogP contribution in [0.4, 0.5) is 11.4 Å². The SMILES string of the molecule is CCc1ccccc1NC(=O)COc1ccccc1N. The first-order valence-electron chi connectivity index (χ1n) is 6.55. The van der Waals surface area contributed by atoms with Crippen LogP contribution in [0.1, 0.15) is 12.5 Å². The number of nitrogen functional groups attached to an aromatic ring is 1. The summed E-state index contributed by atoms with van der Waals surface area (Å²) in [5.41, 5.74) is 8.19. The van der Waals surface area contributed by atoms with Gasteiger partial charge in [-0.25, -0.2) is 0 Å². The number of nitrogens with one attached hydrogen (secondary N) is 1. The highest BCUT2D eigenvalue weighted by Crippen LogP contribution is 2.20. The highest BCUT2D eigenvalue weighted by atomic mass is 16.5. The van der Waals surface area contributed by atoms with Gasteiger partial charge in [0.15, 0.2) is 6.61 Å². The number of amides is 1. The molecule has 20 heavy (non-hydrogen) atoms. The predicted octanol–water partition coefficient (Wildman–Crippen LogP) is 2.85. The zero-order valence-electron chi connectivity index (χ0n) is 11.4. The van der Waals surface area contributed by atoms with Gasteiger partial charge in [-0.05, 0) is 30.2 Å². The van der Waals surface area contributed by atoms with Crippen molar-refractivity contribution in [1.29, 1.82) is 0 Å². The second kappa shape index (κ2) is 6.61. The van der Waals surface area contributed by atoms with Gasteiger partial charge in [-0.1, -0.05) is 37.3 Å². The van der Waals surface area contributed by atoms with E-state index < -0.39 is 0 Å². The molecule has 0 spiro atoms. The van der Waals surface area contributed by atoms with Gasteiger partial charge in [-0.3, -0.25) is 4.79 Å². The standard InChI is InChI=1S/C16H18N2O2/c1-2-12-7-3-5-9-14(12)18-16(19)11-20-15-10-6-4-8-13(15)17/h3-10H,2,11,17H2,1H3,(H,18,19). The fraction of sp³-hybridized carbons (Fsp3) is 0.188. The van der Waals surface area contributed by atoms with Crippen molar-refractivity contribution in [2.24, 2.45) is 0 Å². The van der Waals surface area contributed by atoms with E-state index in [0.717, 1.165) is 17.7 Å². The van der Waals surface area contributed by atoms with Crippen LogP contribution in [0.2, 0.25) is 0 Å². The van der Waals surface area contributed by atoms with E-state index in [4.69, 9.17) is 10.5 Å². The maximum Gasteiger partial charge on any atom is 0.262 e. The monoisotopic (exact) mass is 270 g/mol. The minimum Gasteiger partial charge on any atom is -0.482 e. The molecule has 2 aromatic rings. The predicted molar refractivity (Wildman–Crippen MR) is 80.8 cm³/mol. The van der Waals surface area contributed by atoms with Crippen LogP contribution < -0.4 is 15.8 Å². The summed E-state index contributed by atoms with van der Waals surface area (Å²) in [5.74, 6) is 0.320. The van der Waals surface area contributed by atoms with Crippen molar-refractivity contribution in [3.05, 3.63) is 54.1 Å². The van der Waals surface area contributed by atoms with E-state index in [1.165, 1.54) is 0 Å². The van der Waals surface area contributed by atoms with Gasteiger partial charge in [-0.15, -0.1) is 0 Å². The van der Waals surface area contributed by atoms with Crippen molar-refractivity contribution in [1.82, 2.24) is 0 Å². The lowest BCUT2D eigenvalue weighted by Crippen LogP contribution is -2.21. The Bertz CT molecular complexity index is 597. The first-order valence-corrected chi connectivity index (χ1v) is 6.55. The van der Waals surface area contributed by atoms with Gasteiger partial charge in [0.2, 0.25) is 0 Å². The molecule has 0 saturated heterocycles. The van der Waals surface area contributed by atoms with E-state index in [9.17, 15) is 4.79 Å². The summed E-state index contributed by atoms with van der Waals surface area (Å²) >= 11 is 0. The van der Waals surface area contributed by atoms with Crippen molar-refractivity contribution in [3.8, 4) is 5.75 Å². The van der Waals surface area contributed by atoms with Crippen LogP contribution in [0.3, 0.4) is 0 Å². The molecule has 3 N–H and O–H groups in total. The van der Waals surface area contributed by atoms with E-state index in [-0.39, 0.29) is 12.5 Å². The molecule has 0 radical (unpaired) electrons. The van der Waals surface area contributed by atoms with Gasteiger partial charge >= 0.3 is 0 Å². The topological polar surface area (TPSA) is 64.3 Å². The number of anilines is 2. The average Bonchev–Trinajstić information content (AvgIpc) is 2.47. The Morgan fingerprint density at radius 1 is 1.15 bits per heavy atom. The molecular weight excluding hydrogens is 252 g/mol. The second-order valence-corrected chi connectivity index (χ2v) is 4.39. The summed E-state index contributed by atoms with van der Waals surface area (Å²) in [5, 5.41) is 2.85. The largest absolute Gasteiger partial charge is 0.482 e. The van der Waals surface area contributed by atoms with Crippen molar-refractivity contribution in [2.75, 3.05) is 17.7 Å². The third-order valence-electron chi connectivity index (χ3n) is 2.95. The Balaban J connectivity index is 1.95. The number of carbonyl (C=O) groups excluding carboxylic acids is 1. The summed E-state index contributed by atoms with van der Waals surface area (Å²) in [6.07, 6.45) is 0.864. The molecule has 2 rings (SSSR count). The molecule has 1 amide bonds. The normalized spacial score (nSPS) is 10.1. The summed E-state index contributed by atoms with van der Waals surface area (Å²) in [6, 6.07) is 14.8. The number of para-hydroxylation sites is 3. The molecule has 0 bridgehead atoms. The van der Waals surface area contributed by atoms with E-state index in [2.05, 4.69) is 5.32 Å². The van der Waals surface area contributed by atoms with Crippen molar-refractivity contribution in [2.45, 2.75) is 13.3 Å². The van der Waals surface area contributed by atoms with Crippen LogP contribution >= 0.6 is 0 Å². The highest BCUT2D eigenvalue weighted by molar-refractivity contribution is 5.92. The molecular formula is C16H18N2O2. The lowest BCUT2D eigenvalue weighted by Gasteiger charge is -2.11. The van der Waals surface area contributed by atoms with E-state index in [1.54, 1.807) is 12.1 Å². The van der Waals surface area contributed by atoms with Gasteiger partial charge < -0.3 is 15.8 Å². The van der Waals surface area contributed by atoms with Gasteiger partial charge in [0, 0.05) is 5.69 Å². The molecule has 0 aliphatic heterocycles. The first kappa shape index (κ1) is 13.9. The Hall–Kier alpha value is -2.49. The molecule has 0 unspecified atom stereocenters. The maximum atomic E-state index is 11.9. The third-order valence-corrected chi connectivity index (χ3v) is 2.95. The summed E-state index contributed by atoms with van der Waals surface area (Å²) in [6.45, 7) is 1.98. The van der Waals surface area contributed by atoms with Crippen LogP contribution in [-0.4, -0.2) is 12.5 Å². The lowest BCUT2D eigenvalue weighted by molar-refractivity contribution is -0.118. The molecule has 0 aliphatic carbocycles. The van der Waals surface area contributed by atoms with E-state index in [0.29, 0.717) is 11.4 Å². The lowest BCUT2D eigenvalue weighted by atomic mass is 10.1. The van der Waals surface area contributed by atoms with Gasteiger partial charge in [0.25, 0.3) is 5.91 Å². The van der Waals surface area contributed by atoms with Crippen molar-refractivity contribution in [3.63, 3.8) is 0 Å².